The molecular formula is C20H20BrN3O4S. The number of benzene rings is 2. The first-order valence-electron chi connectivity index (χ1n) is 9.10. The van der Waals surface area contributed by atoms with Crippen LogP contribution in [0.3, 0.4) is 0 Å². The molecule has 0 atom stereocenters. The van der Waals surface area contributed by atoms with Gasteiger partial charge in [0.05, 0.1) is 12.0 Å². The molecule has 1 aliphatic heterocycles. The SMILES string of the molecule is COc1ccc(S(=O)(=O)N2CCN(C(=O)c3cc4cc(Br)ccc4[nH]3)CC2)cc1. The van der Waals surface area contributed by atoms with E-state index in [1.807, 2.05) is 24.3 Å². The fourth-order valence-corrected chi connectivity index (χ4v) is 5.22. The van der Waals surface area contributed by atoms with E-state index >= 15 is 0 Å². The summed E-state index contributed by atoms with van der Waals surface area (Å²) < 4.78 is 33.1. The lowest BCUT2D eigenvalue weighted by molar-refractivity contribution is 0.0693. The highest BCUT2D eigenvalue weighted by Gasteiger charge is 2.30. The Morgan fingerprint density at radius 1 is 1.03 bits per heavy atom. The van der Waals surface area contributed by atoms with Gasteiger partial charge in [0.15, 0.2) is 0 Å². The number of amides is 1. The van der Waals surface area contributed by atoms with Gasteiger partial charge in [0.1, 0.15) is 11.4 Å². The lowest BCUT2D eigenvalue weighted by Crippen LogP contribution is -2.50. The van der Waals surface area contributed by atoms with Crippen LogP contribution in [0.2, 0.25) is 0 Å². The van der Waals surface area contributed by atoms with E-state index in [-0.39, 0.29) is 23.9 Å². The van der Waals surface area contributed by atoms with Crippen molar-refractivity contribution in [2.45, 2.75) is 4.90 Å². The minimum Gasteiger partial charge on any atom is -0.497 e. The van der Waals surface area contributed by atoms with Crippen molar-refractivity contribution in [1.82, 2.24) is 14.2 Å². The van der Waals surface area contributed by atoms with E-state index in [9.17, 15) is 13.2 Å². The summed E-state index contributed by atoms with van der Waals surface area (Å²) in [7, 11) is -2.07. The average Bonchev–Trinajstić information content (AvgIpc) is 3.16. The van der Waals surface area contributed by atoms with Crippen LogP contribution in [0.4, 0.5) is 0 Å². The average molecular weight is 478 g/mol. The molecular weight excluding hydrogens is 458 g/mol. The largest absolute Gasteiger partial charge is 0.497 e. The van der Waals surface area contributed by atoms with Crippen LogP contribution in [-0.2, 0) is 10.0 Å². The predicted octanol–water partition coefficient (Wildman–Crippen LogP) is 3.09. The lowest BCUT2D eigenvalue weighted by atomic mass is 10.2. The van der Waals surface area contributed by atoms with Gasteiger partial charge in [-0.1, -0.05) is 15.9 Å². The number of ether oxygens (including phenoxy) is 1. The molecule has 1 aromatic heterocycles. The molecule has 0 unspecified atom stereocenters. The molecule has 0 bridgehead atoms. The number of sulfonamides is 1. The van der Waals surface area contributed by atoms with E-state index in [0.717, 1.165) is 15.4 Å². The Bertz CT molecular complexity index is 1150. The molecule has 0 aliphatic carbocycles. The summed E-state index contributed by atoms with van der Waals surface area (Å²) in [6.45, 7) is 1.19. The number of carbonyl (C=O) groups excluding carboxylic acids is 1. The van der Waals surface area contributed by atoms with Gasteiger partial charge >= 0.3 is 0 Å². The molecule has 1 amide bonds. The Hall–Kier alpha value is -2.36. The third-order valence-corrected chi connectivity index (χ3v) is 7.44. The normalized spacial score (nSPS) is 15.6. The topological polar surface area (TPSA) is 82.7 Å². The maximum atomic E-state index is 12.9. The molecule has 7 nitrogen and oxygen atoms in total. The van der Waals surface area contributed by atoms with Crippen LogP contribution in [0, 0.1) is 0 Å². The van der Waals surface area contributed by atoms with Gasteiger partial charge in [-0.05, 0) is 48.5 Å². The van der Waals surface area contributed by atoms with Crippen molar-refractivity contribution in [2.24, 2.45) is 0 Å². The summed E-state index contributed by atoms with van der Waals surface area (Å²) >= 11 is 3.43. The highest BCUT2D eigenvalue weighted by atomic mass is 79.9. The summed E-state index contributed by atoms with van der Waals surface area (Å²) in [6.07, 6.45) is 0. The standard InChI is InChI=1S/C20H20BrN3O4S/c1-28-16-3-5-17(6-4-16)29(26,27)24-10-8-23(9-11-24)20(25)19-13-14-12-15(21)2-7-18(14)22-19/h2-7,12-13,22H,8-11H2,1H3. The molecule has 0 radical (unpaired) electrons. The van der Waals surface area contributed by atoms with E-state index in [1.165, 1.54) is 23.5 Å². The summed E-state index contributed by atoms with van der Waals surface area (Å²) in [4.78, 5) is 17.9. The Morgan fingerprint density at radius 2 is 1.72 bits per heavy atom. The number of carbonyl (C=O) groups is 1. The van der Waals surface area contributed by atoms with Crippen molar-refractivity contribution < 1.29 is 17.9 Å². The molecule has 9 heteroatoms. The van der Waals surface area contributed by atoms with Crippen LogP contribution in [0.25, 0.3) is 10.9 Å². The molecule has 1 fully saturated rings. The molecule has 1 aliphatic rings. The maximum Gasteiger partial charge on any atom is 0.270 e. The third-order valence-electron chi connectivity index (χ3n) is 5.04. The number of hydrogen-bond acceptors (Lipinski definition) is 4. The van der Waals surface area contributed by atoms with Crippen LogP contribution >= 0.6 is 15.9 Å². The number of fused-ring (bicyclic) bond motifs is 1. The second kappa shape index (κ2) is 7.81. The Labute approximate surface area is 177 Å². The minimum atomic E-state index is -3.60. The summed E-state index contributed by atoms with van der Waals surface area (Å²) in [5.74, 6) is 0.476. The maximum absolute atomic E-state index is 12.9. The minimum absolute atomic E-state index is 0.126. The van der Waals surface area contributed by atoms with Crippen molar-refractivity contribution in [1.29, 1.82) is 0 Å². The first-order chi connectivity index (χ1) is 13.9. The molecule has 3 aromatic rings. The first-order valence-corrected chi connectivity index (χ1v) is 11.3. The van der Waals surface area contributed by atoms with Gasteiger partial charge in [0.2, 0.25) is 10.0 Å². The monoisotopic (exact) mass is 477 g/mol. The molecule has 152 valence electrons. The zero-order valence-corrected chi connectivity index (χ0v) is 18.2. The van der Waals surface area contributed by atoms with Crippen molar-refractivity contribution in [3.05, 3.63) is 58.7 Å². The van der Waals surface area contributed by atoms with E-state index < -0.39 is 10.0 Å². The Kier molecular flexibility index (Phi) is 5.37. The fourth-order valence-electron chi connectivity index (χ4n) is 3.42. The molecule has 0 saturated carbocycles. The number of hydrogen-bond donors (Lipinski definition) is 1. The van der Waals surface area contributed by atoms with Crippen LogP contribution in [0.5, 0.6) is 5.75 Å². The van der Waals surface area contributed by atoms with Crippen molar-refractivity contribution in [3.63, 3.8) is 0 Å². The van der Waals surface area contributed by atoms with Gasteiger partial charge in [-0.25, -0.2) is 8.42 Å². The summed E-state index contributed by atoms with van der Waals surface area (Å²) in [5.41, 5.74) is 1.39. The highest BCUT2D eigenvalue weighted by Crippen LogP contribution is 2.23. The van der Waals surface area contributed by atoms with E-state index in [0.29, 0.717) is 24.5 Å². The lowest BCUT2D eigenvalue weighted by Gasteiger charge is -2.33. The zero-order chi connectivity index (χ0) is 20.6. The number of aromatic nitrogens is 1. The van der Waals surface area contributed by atoms with Gasteiger partial charge in [-0.15, -0.1) is 0 Å². The van der Waals surface area contributed by atoms with Gasteiger partial charge in [0.25, 0.3) is 5.91 Å². The van der Waals surface area contributed by atoms with Crippen molar-refractivity contribution in [3.8, 4) is 5.75 Å². The predicted molar refractivity (Wildman–Crippen MR) is 114 cm³/mol. The first kappa shape index (κ1) is 19.9. The number of aromatic amines is 1. The fraction of sp³-hybridized carbons (Fsp3) is 0.250. The van der Waals surface area contributed by atoms with Gasteiger partial charge in [0, 0.05) is 41.6 Å². The van der Waals surface area contributed by atoms with Crippen molar-refractivity contribution >= 4 is 42.8 Å². The quantitative estimate of drug-likeness (QED) is 0.625. The number of nitrogens with one attached hydrogen (secondary N) is 1. The summed E-state index contributed by atoms with van der Waals surface area (Å²) in [6, 6.07) is 13.9. The van der Waals surface area contributed by atoms with Crippen LogP contribution in [0.1, 0.15) is 10.5 Å². The molecule has 2 heterocycles. The number of piperazine rings is 1. The highest BCUT2D eigenvalue weighted by molar-refractivity contribution is 9.10. The number of halogens is 1. The Morgan fingerprint density at radius 3 is 2.38 bits per heavy atom. The molecule has 4 rings (SSSR count). The third kappa shape index (κ3) is 3.90. The van der Waals surface area contributed by atoms with E-state index in [2.05, 4.69) is 20.9 Å². The second-order valence-electron chi connectivity index (χ2n) is 6.79. The second-order valence-corrected chi connectivity index (χ2v) is 9.64. The van der Waals surface area contributed by atoms with Crippen molar-refractivity contribution in [2.75, 3.05) is 33.3 Å². The molecule has 29 heavy (non-hydrogen) atoms. The zero-order valence-electron chi connectivity index (χ0n) is 15.8. The van der Waals surface area contributed by atoms with E-state index in [1.54, 1.807) is 17.0 Å². The molecule has 0 spiro atoms. The Balaban J connectivity index is 1.45. The molecule has 1 N–H and O–H groups in total. The van der Waals surface area contributed by atoms with Crippen LogP contribution < -0.4 is 4.74 Å². The number of nitrogens with zero attached hydrogens (tertiary/aromatic N) is 2. The smallest absolute Gasteiger partial charge is 0.270 e. The number of methoxy groups -OCH3 is 1. The van der Waals surface area contributed by atoms with Crippen LogP contribution in [0.15, 0.2) is 57.9 Å². The molecule has 1 saturated heterocycles. The van der Waals surface area contributed by atoms with Gasteiger partial charge in [-0.2, -0.15) is 4.31 Å². The number of H-pyrrole nitrogens is 1. The molecule has 2 aromatic carbocycles. The van der Waals surface area contributed by atoms with Gasteiger partial charge in [-0.3, -0.25) is 4.79 Å². The summed E-state index contributed by atoms with van der Waals surface area (Å²) in [5, 5.41) is 0.948. The van der Waals surface area contributed by atoms with Crippen LogP contribution in [-0.4, -0.2) is 61.8 Å². The van der Waals surface area contributed by atoms with E-state index in [4.69, 9.17) is 4.74 Å². The van der Waals surface area contributed by atoms with Gasteiger partial charge < -0.3 is 14.6 Å². The number of rotatable bonds is 4.